The maximum absolute atomic E-state index is 11.5. The Hall–Kier alpha value is 0.280. The van der Waals surface area contributed by atoms with Crippen molar-refractivity contribution in [1.82, 2.24) is 0 Å². The first-order valence-electron chi connectivity index (χ1n) is 2.05. The Morgan fingerprint density at radius 1 is 1.67 bits per heavy atom. The fraction of sp³-hybridized carbons (Fsp3) is 1.00. The maximum Gasteiger partial charge on any atom is 0.104 e. The van der Waals surface area contributed by atoms with Gasteiger partial charge >= 0.3 is 0 Å². The van der Waals surface area contributed by atoms with Crippen LogP contribution in [0.1, 0.15) is 12.8 Å². The van der Waals surface area contributed by atoms with E-state index in [-0.39, 0.29) is 11.4 Å². The minimum atomic E-state index is -0.254. The summed E-state index contributed by atoms with van der Waals surface area (Å²) in [5, 5.41) is 0. The molecule has 0 amide bonds. The quantitative estimate of drug-likeness (QED) is 0.480. The molecule has 2 heteroatoms. The zero-order chi connectivity index (χ0) is 4.62. The van der Waals surface area contributed by atoms with E-state index in [1.807, 2.05) is 0 Å². The molecule has 6 heavy (non-hydrogen) atoms. The lowest BCUT2D eigenvalue weighted by atomic mass is 10.5. The van der Waals surface area contributed by atoms with Crippen LogP contribution in [0.5, 0.6) is 0 Å². The minimum Gasteiger partial charge on any atom is -0.250 e. The molecule has 0 bridgehead atoms. The molecular formula is C4H7FS. The molecule has 0 atom stereocenters. The second-order valence-electron chi connectivity index (χ2n) is 1.86. The Morgan fingerprint density at radius 2 is 2.17 bits per heavy atom. The van der Waals surface area contributed by atoms with Gasteiger partial charge in [-0.1, -0.05) is 0 Å². The minimum absolute atomic E-state index is 0.181. The van der Waals surface area contributed by atoms with Crippen LogP contribution in [-0.4, -0.2) is 11.4 Å². The molecule has 36 valence electrons. The molecule has 0 unspecified atom stereocenters. The SMILES string of the molecule is FCC1(S)CC1. The first-order chi connectivity index (χ1) is 2.77. The van der Waals surface area contributed by atoms with Gasteiger partial charge in [0, 0.05) is 4.75 Å². The van der Waals surface area contributed by atoms with Crippen molar-refractivity contribution in [2.75, 3.05) is 6.67 Å². The topological polar surface area (TPSA) is 0 Å². The Balaban J connectivity index is 2.28. The molecule has 1 saturated carbocycles. The van der Waals surface area contributed by atoms with Crippen LogP contribution in [0.15, 0.2) is 0 Å². The standard InChI is InChI=1S/C4H7FS/c5-3-4(6)1-2-4/h6H,1-3H2. The first kappa shape index (κ1) is 4.44. The van der Waals surface area contributed by atoms with Crippen LogP contribution < -0.4 is 0 Å². The van der Waals surface area contributed by atoms with E-state index in [2.05, 4.69) is 12.6 Å². The Labute approximate surface area is 42.1 Å². The van der Waals surface area contributed by atoms with Crippen LogP contribution in [0.2, 0.25) is 0 Å². The average molecular weight is 106 g/mol. The van der Waals surface area contributed by atoms with Crippen LogP contribution in [-0.2, 0) is 0 Å². The van der Waals surface area contributed by atoms with E-state index in [0.717, 1.165) is 12.8 Å². The molecule has 0 spiro atoms. The average Bonchev–Trinajstić information content (AvgIpc) is 2.22. The van der Waals surface area contributed by atoms with Gasteiger partial charge in [0.1, 0.15) is 6.67 Å². The van der Waals surface area contributed by atoms with E-state index in [4.69, 9.17) is 0 Å². The van der Waals surface area contributed by atoms with E-state index in [9.17, 15) is 4.39 Å². The number of alkyl halides is 1. The smallest absolute Gasteiger partial charge is 0.104 e. The van der Waals surface area contributed by atoms with E-state index in [0.29, 0.717) is 0 Å². The van der Waals surface area contributed by atoms with Crippen LogP contribution in [0, 0.1) is 0 Å². The van der Waals surface area contributed by atoms with Gasteiger partial charge in [-0.15, -0.1) is 0 Å². The largest absolute Gasteiger partial charge is 0.250 e. The lowest BCUT2D eigenvalue weighted by molar-refractivity contribution is 0.478. The lowest BCUT2D eigenvalue weighted by Crippen LogP contribution is -1.97. The van der Waals surface area contributed by atoms with Crippen molar-refractivity contribution in [2.24, 2.45) is 0 Å². The van der Waals surface area contributed by atoms with E-state index >= 15 is 0 Å². The highest BCUT2D eigenvalue weighted by molar-refractivity contribution is 7.82. The molecule has 0 N–H and O–H groups in total. The lowest BCUT2D eigenvalue weighted by Gasteiger charge is -1.92. The molecule has 0 saturated heterocycles. The molecule has 1 fully saturated rings. The zero-order valence-corrected chi connectivity index (χ0v) is 4.34. The summed E-state index contributed by atoms with van der Waals surface area (Å²) in [6.07, 6.45) is 1.93. The summed E-state index contributed by atoms with van der Waals surface area (Å²) in [6, 6.07) is 0. The number of halogens is 1. The van der Waals surface area contributed by atoms with Gasteiger partial charge in [0.25, 0.3) is 0 Å². The van der Waals surface area contributed by atoms with Crippen molar-refractivity contribution in [3.8, 4) is 0 Å². The molecule has 0 aromatic heterocycles. The molecule has 0 aromatic carbocycles. The third-order valence-electron chi connectivity index (χ3n) is 1.08. The van der Waals surface area contributed by atoms with Crippen molar-refractivity contribution in [3.63, 3.8) is 0 Å². The monoisotopic (exact) mass is 106 g/mol. The Kier molecular flexibility index (Phi) is 0.831. The summed E-state index contributed by atoms with van der Waals surface area (Å²) < 4.78 is 11.3. The van der Waals surface area contributed by atoms with Gasteiger partial charge in [-0.05, 0) is 12.8 Å². The number of hydrogen-bond acceptors (Lipinski definition) is 1. The Morgan fingerprint density at radius 3 is 2.17 bits per heavy atom. The second-order valence-corrected chi connectivity index (χ2v) is 2.81. The molecule has 0 nitrogen and oxygen atoms in total. The third kappa shape index (κ3) is 0.672. The summed E-state index contributed by atoms with van der Waals surface area (Å²) in [6.45, 7) is -0.254. The van der Waals surface area contributed by atoms with E-state index < -0.39 is 0 Å². The van der Waals surface area contributed by atoms with Crippen LogP contribution >= 0.6 is 12.6 Å². The molecular weight excluding hydrogens is 99.1 g/mol. The van der Waals surface area contributed by atoms with Crippen molar-refractivity contribution >= 4 is 12.6 Å². The van der Waals surface area contributed by atoms with Crippen molar-refractivity contribution in [3.05, 3.63) is 0 Å². The highest BCUT2D eigenvalue weighted by Gasteiger charge is 2.38. The van der Waals surface area contributed by atoms with Gasteiger partial charge in [0.15, 0.2) is 0 Å². The van der Waals surface area contributed by atoms with Crippen LogP contribution in [0.4, 0.5) is 4.39 Å². The highest BCUT2D eigenvalue weighted by Crippen LogP contribution is 2.41. The fourth-order valence-corrected chi connectivity index (χ4v) is 0.390. The number of thiol groups is 1. The van der Waals surface area contributed by atoms with Crippen LogP contribution in [0.3, 0.4) is 0 Å². The van der Waals surface area contributed by atoms with Gasteiger partial charge in [0.05, 0.1) is 0 Å². The third-order valence-corrected chi connectivity index (χ3v) is 1.64. The molecule has 0 radical (unpaired) electrons. The number of rotatable bonds is 1. The van der Waals surface area contributed by atoms with Gasteiger partial charge in [0.2, 0.25) is 0 Å². The summed E-state index contributed by atoms with van der Waals surface area (Å²) >= 11 is 3.99. The van der Waals surface area contributed by atoms with Gasteiger partial charge in [-0.2, -0.15) is 12.6 Å². The summed E-state index contributed by atoms with van der Waals surface area (Å²) in [5.74, 6) is 0. The summed E-state index contributed by atoms with van der Waals surface area (Å²) in [5.41, 5.74) is 0. The molecule has 1 aliphatic rings. The zero-order valence-electron chi connectivity index (χ0n) is 3.45. The van der Waals surface area contributed by atoms with Crippen molar-refractivity contribution < 1.29 is 4.39 Å². The van der Waals surface area contributed by atoms with E-state index in [1.54, 1.807) is 0 Å². The Bertz CT molecular complexity index is 58.6. The van der Waals surface area contributed by atoms with E-state index in [1.165, 1.54) is 0 Å². The second kappa shape index (κ2) is 1.12. The van der Waals surface area contributed by atoms with Gasteiger partial charge in [-0.25, -0.2) is 4.39 Å². The highest BCUT2D eigenvalue weighted by atomic mass is 32.1. The first-order valence-corrected chi connectivity index (χ1v) is 2.50. The molecule has 1 aliphatic carbocycles. The van der Waals surface area contributed by atoms with Gasteiger partial charge < -0.3 is 0 Å². The molecule has 0 aliphatic heterocycles. The fourth-order valence-electron chi connectivity index (χ4n) is 0.278. The predicted molar refractivity (Wildman–Crippen MR) is 26.9 cm³/mol. The maximum atomic E-state index is 11.5. The van der Waals surface area contributed by atoms with Crippen molar-refractivity contribution in [2.45, 2.75) is 17.6 Å². The molecule has 1 rings (SSSR count). The molecule has 0 aromatic rings. The molecule has 0 heterocycles. The summed E-state index contributed by atoms with van der Waals surface area (Å²) in [4.78, 5) is 0. The summed E-state index contributed by atoms with van der Waals surface area (Å²) in [7, 11) is 0. The predicted octanol–water partition coefficient (Wildman–Crippen LogP) is 1.42. The number of hydrogen-bond donors (Lipinski definition) is 1. The van der Waals surface area contributed by atoms with Crippen molar-refractivity contribution in [1.29, 1.82) is 0 Å². The van der Waals surface area contributed by atoms with Gasteiger partial charge in [-0.3, -0.25) is 0 Å². The van der Waals surface area contributed by atoms with Crippen LogP contribution in [0.25, 0.3) is 0 Å². The normalized spacial score (nSPS) is 27.0.